The second kappa shape index (κ2) is 4.93. The lowest BCUT2D eigenvalue weighted by atomic mass is 10.3. The van der Waals surface area contributed by atoms with Crippen LogP contribution in [0.15, 0.2) is 29.1 Å². The van der Waals surface area contributed by atoms with Crippen molar-refractivity contribution in [1.29, 1.82) is 0 Å². The summed E-state index contributed by atoms with van der Waals surface area (Å²) in [6, 6.07) is 3.30. The van der Waals surface area contributed by atoms with Gasteiger partial charge in [-0.2, -0.15) is 0 Å². The van der Waals surface area contributed by atoms with Crippen molar-refractivity contribution < 1.29 is 8.78 Å². The van der Waals surface area contributed by atoms with Gasteiger partial charge in [0.1, 0.15) is 22.6 Å². The minimum absolute atomic E-state index is 0.0290. The van der Waals surface area contributed by atoms with Gasteiger partial charge in [-0.15, -0.1) is 0 Å². The molecule has 0 radical (unpaired) electrons. The average molecular weight is 321 g/mol. The molecule has 0 aliphatic rings. The third-order valence-electron chi connectivity index (χ3n) is 1.89. The van der Waals surface area contributed by atoms with Crippen molar-refractivity contribution in [3.05, 3.63) is 45.8 Å². The van der Waals surface area contributed by atoms with Gasteiger partial charge in [-0.05, 0) is 22.0 Å². The zero-order valence-corrected chi connectivity index (χ0v) is 10.6. The molecule has 1 aromatic heterocycles. The fourth-order valence-corrected chi connectivity index (χ4v) is 1.74. The molecule has 88 valence electrons. The monoisotopic (exact) mass is 319 g/mol. The van der Waals surface area contributed by atoms with Crippen LogP contribution in [0.2, 0.25) is 5.02 Å². The lowest BCUT2D eigenvalue weighted by molar-refractivity contribution is 0.586. The van der Waals surface area contributed by atoms with E-state index in [1.807, 2.05) is 0 Å². The van der Waals surface area contributed by atoms with Gasteiger partial charge in [-0.1, -0.05) is 11.6 Å². The van der Waals surface area contributed by atoms with Crippen LogP contribution in [0, 0.1) is 11.6 Å². The third-order valence-corrected chi connectivity index (χ3v) is 2.63. The Kier molecular flexibility index (Phi) is 3.54. The normalized spacial score (nSPS) is 10.4. The standard InChI is InChI=1S/C10H5BrClF2N3/c11-8-3-9(16-4-15-8)17-10-6(12)1-5(13)2-7(10)14/h1-4H,(H,15,16,17). The molecule has 0 atom stereocenters. The quantitative estimate of drug-likeness (QED) is 0.852. The van der Waals surface area contributed by atoms with Crippen LogP contribution in [-0.4, -0.2) is 9.97 Å². The smallest absolute Gasteiger partial charge is 0.151 e. The Bertz CT molecular complexity index is 542. The maximum atomic E-state index is 13.5. The summed E-state index contributed by atoms with van der Waals surface area (Å²) in [5.41, 5.74) is -0.0290. The van der Waals surface area contributed by atoms with E-state index in [-0.39, 0.29) is 10.7 Å². The molecule has 17 heavy (non-hydrogen) atoms. The minimum Gasteiger partial charge on any atom is -0.336 e. The maximum Gasteiger partial charge on any atom is 0.151 e. The Labute approximate surface area is 109 Å². The van der Waals surface area contributed by atoms with Gasteiger partial charge >= 0.3 is 0 Å². The molecule has 2 aromatic rings. The third kappa shape index (κ3) is 2.89. The van der Waals surface area contributed by atoms with Gasteiger partial charge in [-0.25, -0.2) is 18.7 Å². The molecule has 3 nitrogen and oxygen atoms in total. The molecule has 1 aromatic carbocycles. The number of benzene rings is 1. The molecule has 0 unspecified atom stereocenters. The Hall–Kier alpha value is -1.27. The van der Waals surface area contributed by atoms with Crippen LogP contribution >= 0.6 is 27.5 Å². The van der Waals surface area contributed by atoms with Crippen LogP contribution in [0.3, 0.4) is 0 Å². The van der Waals surface area contributed by atoms with Crippen LogP contribution in [0.4, 0.5) is 20.3 Å². The highest BCUT2D eigenvalue weighted by atomic mass is 79.9. The number of aromatic nitrogens is 2. The largest absolute Gasteiger partial charge is 0.336 e. The number of hydrogen-bond acceptors (Lipinski definition) is 3. The average Bonchev–Trinajstić information content (AvgIpc) is 2.23. The molecule has 0 amide bonds. The van der Waals surface area contributed by atoms with Crippen molar-refractivity contribution in [2.75, 3.05) is 5.32 Å². The molecule has 0 spiro atoms. The van der Waals surface area contributed by atoms with Crippen molar-refractivity contribution in [3.63, 3.8) is 0 Å². The molecule has 7 heteroatoms. The van der Waals surface area contributed by atoms with Crippen molar-refractivity contribution in [2.24, 2.45) is 0 Å². The number of nitrogens with zero attached hydrogens (tertiary/aromatic N) is 2. The first-order valence-corrected chi connectivity index (χ1v) is 5.62. The summed E-state index contributed by atoms with van der Waals surface area (Å²) in [6.45, 7) is 0. The van der Waals surface area contributed by atoms with E-state index < -0.39 is 11.6 Å². The first kappa shape index (κ1) is 12.2. The Morgan fingerprint density at radius 2 is 1.94 bits per heavy atom. The van der Waals surface area contributed by atoms with Gasteiger partial charge in [0.15, 0.2) is 5.82 Å². The predicted octanol–water partition coefficient (Wildman–Crippen LogP) is 3.91. The fourth-order valence-electron chi connectivity index (χ4n) is 1.19. The number of nitrogens with one attached hydrogen (secondary N) is 1. The molecule has 1 N–H and O–H groups in total. The second-order valence-corrected chi connectivity index (χ2v) is 4.32. The molecule has 0 saturated heterocycles. The second-order valence-electron chi connectivity index (χ2n) is 3.10. The number of rotatable bonds is 2. The molecular formula is C10H5BrClF2N3. The highest BCUT2D eigenvalue weighted by Crippen LogP contribution is 2.29. The van der Waals surface area contributed by atoms with Crippen LogP contribution in [0.25, 0.3) is 0 Å². The van der Waals surface area contributed by atoms with Gasteiger partial charge in [0.05, 0.1) is 10.7 Å². The first-order valence-electron chi connectivity index (χ1n) is 4.45. The molecule has 0 bridgehead atoms. The highest BCUT2D eigenvalue weighted by Gasteiger charge is 2.10. The van der Waals surface area contributed by atoms with E-state index >= 15 is 0 Å². The SMILES string of the molecule is Fc1cc(F)c(Nc2cc(Br)ncn2)c(Cl)c1. The topological polar surface area (TPSA) is 37.8 Å². The van der Waals surface area contributed by atoms with E-state index in [4.69, 9.17) is 11.6 Å². The summed E-state index contributed by atoms with van der Waals surface area (Å²) in [4.78, 5) is 7.69. The maximum absolute atomic E-state index is 13.5. The molecule has 1 heterocycles. The van der Waals surface area contributed by atoms with Gasteiger partial charge in [0, 0.05) is 12.1 Å². The fraction of sp³-hybridized carbons (Fsp3) is 0. The molecule has 0 fully saturated rings. The number of hydrogen-bond donors (Lipinski definition) is 1. The zero-order chi connectivity index (χ0) is 12.4. The van der Waals surface area contributed by atoms with Crippen molar-refractivity contribution in [3.8, 4) is 0 Å². The van der Waals surface area contributed by atoms with Crippen LogP contribution < -0.4 is 5.32 Å². The van der Waals surface area contributed by atoms with E-state index in [0.29, 0.717) is 10.4 Å². The first-order chi connectivity index (χ1) is 8.06. The summed E-state index contributed by atoms with van der Waals surface area (Å²) in [7, 11) is 0. The molecule has 2 rings (SSSR count). The van der Waals surface area contributed by atoms with Crippen LogP contribution in [0.5, 0.6) is 0 Å². The lowest BCUT2D eigenvalue weighted by Crippen LogP contribution is -1.98. The summed E-state index contributed by atoms with van der Waals surface area (Å²) in [6.07, 6.45) is 1.29. The van der Waals surface area contributed by atoms with E-state index in [1.165, 1.54) is 6.33 Å². The summed E-state index contributed by atoms with van der Waals surface area (Å²) in [5, 5.41) is 2.60. The number of halogens is 4. The Morgan fingerprint density at radius 3 is 2.59 bits per heavy atom. The van der Waals surface area contributed by atoms with Crippen LogP contribution in [-0.2, 0) is 0 Å². The zero-order valence-electron chi connectivity index (χ0n) is 8.22. The molecule has 0 aliphatic heterocycles. The van der Waals surface area contributed by atoms with Gasteiger partial charge in [0.2, 0.25) is 0 Å². The van der Waals surface area contributed by atoms with E-state index in [9.17, 15) is 8.78 Å². The van der Waals surface area contributed by atoms with Crippen LogP contribution in [0.1, 0.15) is 0 Å². The van der Waals surface area contributed by atoms with E-state index in [1.54, 1.807) is 6.07 Å². The highest BCUT2D eigenvalue weighted by molar-refractivity contribution is 9.10. The van der Waals surface area contributed by atoms with Gasteiger partial charge in [0.25, 0.3) is 0 Å². The summed E-state index contributed by atoms with van der Waals surface area (Å²) < 4.78 is 26.8. The van der Waals surface area contributed by atoms with Gasteiger partial charge in [-0.3, -0.25) is 0 Å². The molecular weight excluding hydrogens is 315 g/mol. The molecule has 0 aliphatic carbocycles. The Morgan fingerprint density at radius 1 is 1.18 bits per heavy atom. The molecule has 0 saturated carbocycles. The summed E-state index contributed by atoms with van der Waals surface area (Å²) >= 11 is 8.87. The van der Waals surface area contributed by atoms with Gasteiger partial charge < -0.3 is 5.32 Å². The predicted molar refractivity (Wildman–Crippen MR) is 64.4 cm³/mol. The summed E-state index contributed by atoms with van der Waals surface area (Å²) in [5.74, 6) is -1.18. The minimum atomic E-state index is -0.787. The van der Waals surface area contributed by atoms with E-state index in [0.717, 1.165) is 12.1 Å². The number of anilines is 2. The van der Waals surface area contributed by atoms with Crippen molar-refractivity contribution in [2.45, 2.75) is 0 Å². The van der Waals surface area contributed by atoms with E-state index in [2.05, 4.69) is 31.2 Å². The van der Waals surface area contributed by atoms with Crippen molar-refractivity contribution in [1.82, 2.24) is 9.97 Å². The lowest BCUT2D eigenvalue weighted by Gasteiger charge is -2.08. The Balaban J connectivity index is 2.36. The van der Waals surface area contributed by atoms with Crippen molar-refractivity contribution >= 4 is 39.0 Å².